The number of nitrogens with zero attached hydrogens (tertiary/aromatic N) is 3. The molecule has 7 nitrogen and oxygen atoms in total. The van der Waals surface area contributed by atoms with Gasteiger partial charge in [-0.25, -0.2) is 13.3 Å². The van der Waals surface area contributed by atoms with Crippen LogP contribution in [0, 0.1) is 5.92 Å². The summed E-state index contributed by atoms with van der Waals surface area (Å²) >= 11 is 3.49. The van der Waals surface area contributed by atoms with Crippen LogP contribution in [0.15, 0.2) is 38.6 Å². The van der Waals surface area contributed by atoms with E-state index in [9.17, 15) is 13.8 Å². The minimum atomic E-state index is -1.40. The van der Waals surface area contributed by atoms with Crippen molar-refractivity contribution in [3.05, 3.63) is 39.2 Å². The van der Waals surface area contributed by atoms with Crippen LogP contribution in [0.2, 0.25) is 0 Å². The first-order valence-electron chi connectivity index (χ1n) is 11.5. The number of pyridine rings is 1. The molecular weight excluding hydrogens is 506 g/mol. The Morgan fingerprint density at radius 3 is 2.45 bits per heavy atom. The number of carbonyl (C=O) groups excluding carboxylic acids is 1. The molecule has 1 aromatic carbocycles. The molecule has 0 spiro atoms. The molecule has 1 saturated heterocycles. The lowest BCUT2D eigenvalue weighted by Gasteiger charge is -2.36. The van der Waals surface area contributed by atoms with Crippen molar-refractivity contribution in [3.63, 3.8) is 0 Å². The van der Waals surface area contributed by atoms with Gasteiger partial charge in [-0.2, -0.15) is 0 Å². The number of carbonyl (C=O) groups is 1. The van der Waals surface area contributed by atoms with Gasteiger partial charge in [0.15, 0.2) is 0 Å². The highest BCUT2D eigenvalue weighted by atomic mass is 79.9. The molecule has 1 aromatic heterocycles. The number of halogens is 1. The van der Waals surface area contributed by atoms with Crippen molar-refractivity contribution in [1.29, 1.82) is 0 Å². The molecule has 9 heteroatoms. The van der Waals surface area contributed by atoms with Gasteiger partial charge in [-0.15, -0.1) is 0 Å². The van der Waals surface area contributed by atoms with E-state index in [0.717, 1.165) is 22.7 Å². The number of benzene rings is 1. The Morgan fingerprint density at radius 2 is 1.85 bits per heavy atom. The van der Waals surface area contributed by atoms with Crippen molar-refractivity contribution in [2.75, 3.05) is 20.1 Å². The second-order valence-corrected chi connectivity index (χ2v) is 12.5. The summed E-state index contributed by atoms with van der Waals surface area (Å²) in [6.45, 7) is 7.45. The molecule has 2 aliphatic rings. The number of hydrogen-bond donors (Lipinski definition) is 0. The normalized spacial score (nSPS) is 18.9. The summed E-state index contributed by atoms with van der Waals surface area (Å²) in [6.07, 6.45) is 5.18. The first kappa shape index (κ1) is 24.4. The predicted molar refractivity (Wildman–Crippen MR) is 134 cm³/mol. The topological polar surface area (TPSA) is 71.8 Å². The van der Waals surface area contributed by atoms with Gasteiger partial charge in [-0.1, -0.05) is 15.9 Å². The Kier molecular flexibility index (Phi) is 7.03. The molecule has 1 saturated carbocycles. The fourth-order valence-corrected chi connectivity index (χ4v) is 5.96. The van der Waals surface area contributed by atoms with Crippen LogP contribution in [-0.4, -0.2) is 55.9 Å². The third kappa shape index (κ3) is 5.69. The molecule has 0 N–H and O–H groups in total. The summed E-state index contributed by atoms with van der Waals surface area (Å²) in [5.41, 5.74) is -0.560. The fourth-order valence-electron chi connectivity index (χ4n) is 4.20. The SMILES string of the molecule is CN(C(=O)OC(C)(C)C)C1CCN(S(=O)c2cn(CC3CC3)c(=O)c3ccc(Br)cc23)CC1. The molecule has 1 aliphatic carbocycles. The van der Waals surface area contributed by atoms with Gasteiger partial charge in [0.05, 0.1) is 4.90 Å². The van der Waals surface area contributed by atoms with Crippen LogP contribution in [-0.2, 0) is 22.3 Å². The number of aromatic nitrogens is 1. The van der Waals surface area contributed by atoms with Crippen LogP contribution in [0.5, 0.6) is 0 Å². The van der Waals surface area contributed by atoms with Crippen LogP contribution in [0.4, 0.5) is 4.79 Å². The Morgan fingerprint density at radius 1 is 1.18 bits per heavy atom. The second-order valence-electron chi connectivity index (χ2n) is 10.1. The Labute approximate surface area is 205 Å². The van der Waals surface area contributed by atoms with Gasteiger partial charge in [-0.05, 0) is 70.6 Å². The first-order chi connectivity index (χ1) is 15.5. The highest BCUT2D eigenvalue weighted by molar-refractivity contribution is 9.10. The van der Waals surface area contributed by atoms with Crippen LogP contribution >= 0.6 is 15.9 Å². The third-order valence-corrected chi connectivity index (χ3v) is 8.27. The molecule has 0 radical (unpaired) electrons. The zero-order valence-electron chi connectivity index (χ0n) is 19.7. The van der Waals surface area contributed by atoms with Crippen LogP contribution in [0.3, 0.4) is 0 Å². The highest BCUT2D eigenvalue weighted by Crippen LogP contribution is 2.32. The standard InChI is InChI=1S/C24H32BrN3O4S/c1-24(2,3)32-23(30)26(4)18-9-11-28(12-10-18)33(31)21-15-27(14-16-5-6-16)22(29)19-8-7-17(25)13-20(19)21/h7-8,13,15-16,18H,5-6,9-12,14H2,1-4H3. The molecule has 1 atom stereocenters. The van der Waals surface area contributed by atoms with E-state index >= 15 is 0 Å². The monoisotopic (exact) mass is 537 g/mol. The summed E-state index contributed by atoms with van der Waals surface area (Å²) in [5.74, 6) is 0.538. The van der Waals surface area contributed by atoms with Gasteiger partial charge >= 0.3 is 6.09 Å². The van der Waals surface area contributed by atoms with Crippen LogP contribution in [0.1, 0.15) is 46.5 Å². The zero-order chi connectivity index (χ0) is 23.9. The Hall–Kier alpha value is -1.71. The van der Waals surface area contributed by atoms with Crippen molar-refractivity contribution in [2.24, 2.45) is 5.92 Å². The molecular formula is C24H32BrN3O4S. The third-order valence-electron chi connectivity index (χ3n) is 6.24. The summed E-state index contributed by atoms with van der Waals surface area (Å²) in [4.78, 5) is 27.8. The lowest BCUT2D eigenvalue weighted by Crippen LogP contribution is -2.47. The van der Waals surface area contributed by atoms with Gasteiger partial charge < -0.3 is 14.2 Å². The van der Waals surface area contributed by atoms with Gasteiger partial charge in [0.2, 0.25) is 0 Å². The summed E-state index contributed by atoms with van der Waals surface area (Å²) in [6, 6.07) is 5.60. The van der Waals surface area contributed by atoms with E-state index in [4.69, 9.17) is 4.74 Å². The highest BCUT2D eigenvalue weighted by Gasteiger charge is 2.31. The van der Waals surface area contributed by atoms with Crippen molar-refractivity contribution < 1.29 is 13.7 Å². The Balaban J connectivity index is 1.53. The molecule has 2 aromatic rings. The van der Waals surface area contributed by atoms with E-state index < -0.39 is 16.6 Å². The molecule has 1 aliphatic heterocycles. The van der Waals surface area contributed by atoms with Gasteiger partial charge in [0.25, 0.3) is 5.56 Å². The summed E-state index contributed by atoms with van der Waals surface area (Å²) in [5, 5.41) is 1.33. The van der Waals surface area contributed by atoms with Gasteiger partial charge in [0.1, 0.15) is 16.6 Å². The average molecular weight is 539 g/mol. The molecule has 1 unspecified atom stereocenters. The lowest BCUT2D eigenvalue weighted by molar-refractivity contribution is 0.0179. The molecule has 0 bridgehead atoms. The first-order valence-corrected chi connectivity index (χ1v) is 13.4. The number of ether oxygens (including phenoxy) is 1. The van der Waals surface area contributed by atoms with Crippen LogP contribution in [0.25, 0.3) is 10.8 Å². The number of hydrogen-bond acceptors (Lipinski definition) is 4. The van der Waals surface area contributed by atoms with E-state index in [-0.39, 0.29) is 17.7 Å². The van der Waals surface area contributed by atoms with E-state index in [1.54, 1.807) is 22.7 Å². The van der Waals surface area contributed by atoms with Gasteiger partial charge in [0, 0.05) is 54.2 Å². The maximum Gasteiger partial charge on any atom is 0.410 e. The fraction of sp³-hybridized carbons (Fsp3) is 0.583. The van der Waals surface area contributed by atoms with E-state index in [0.29, 0.717) is 48.7 Å². The molecule has 33 heavy (non-hydrogen) atoms. The predicted octanol–water partition coefficient (Wildman–Crippen LogP) is 4.53. The van der Waals surface area contributed by atoms with E-state index in [2.05, 4.69) is 15.9 Å². The minimum Gasteiger partial charge on any atom is -0.444 e. The van der Waals surface area contributed by atoms with Crippen molar-refractivity contribution >= 4 is 43.8 Å². The van der Waals surface area contributed by atoms with E-state index in [1.807, 2.05) is 43.3 Å². The number of piperidine rings is 1. The second kappa shape index (κ2) is 9.50. The average Bonchev–Trinajstić information content (AvgIpc) is 3.57. The molecule has 2 fully saturated rings. The number of amides is 1. The molecule has 4 rings (SSSR count). The van der Waals surface area contributed by atoms with E-state index in [1.165, 1.54) is 0 Å². The molecule has 180 valence electrons. The smallest absolute Gasteiger partial charge is 0.410 e. The maximum absolute atomic E-state index is 13.7. The Bertz CT molecular complexity index is 1130. The number of rotatable bonds is 5. The molecule has 1 amide bonds. The van der Waals surface area contributed by atoms with Gasteiger partial charge in [-0.3, -0.25) is 4.79 Å². The largest absolute Gasteiger partial charge is 0.444 e. The minimum absolute atomic E-state index is 0.0251. The lowest BCUT2D eigenvalue weighted by atomic mass is 10.1. The summed E-state index contributed by atoms with van der Waals surface area (Å²) < 4.78 is 23.7. The number of fused-ring (bicyclic) bond motifs is 1. The zero-order valence-corrected chi connectivity index (χ0v) is 22.1. The van der Waals surface area contributed by atoms with Crippen molar-refractivity contribution in [2.45, 2.75) is 69.5 Å². The molecule has 2 heterocycles. The quantitative estimate of drug-likeness (QED) is 0.561. The summed E-state index contributed by atoms with van der Waals surface area (Å²) in [7, 11) is 0.366. The van der Waals surface area contributed by atoms with Crippen molar-refractivity contribution in [3.8, 4) is 0 Å². The van der Waals surface area contributed by atoms with Crippen LogP contribution < -0.4 is 5.56 Å². The van der Waals surface area contributed by atoms with Crippen molar-refractivity contribution in [1.82, 2.24) is 13.8 Å². The maximum atomic E-state index is 13.7.